The van der Waals surface area contributed by atoms with Crippen molar-refractivity contribution in [1.29, 1.82) is 0 Å². The predicted molar refractivity (Wildman–Crippen MR) is 137 cm³/mol. The van der Waals surface area contributed by atoms with Crippen LogP contribution in [-0.2, 0) is 16.0 Å². The number of hydrogen-bond donors (Lipinski definition) is 1. The summed E-state index contributed by atoms with van der Waals surface area (Å²) in [5.41, 5.74) is 4.88. The smallest absolute Gasteiger partial charge is 0.339 e. The fourth-order valence-corrected chi connectivity index (χ4v) is 4.71. The first-order valence-corrected chi connectivity index (χ1v) is 12.1. The van der Waals surface area contributed by atoms with Crippen LogP contribution in [-0.4, -0.2) is 23.0 Å². The summed E-state index contributed by atoms with van der Waals surface area (Å²) in [6, 6.07) is 24.4. The molecule has 0 saturated heterocycles. The molecular weight excluding hydrogens is 460 g/mol. The Labute approximate surface area is 209 Å². The van der Waals surface area contributed by atoms with Gasteiger partial charge in [-0.15, -0.1) is 0 Å². The van der Waals surface area contributed by atoms with Gasteiger partial charge in [0.1, 0.15) is 0 Å². The number of nitrogens with one attached hydrogen (secondary N) is 1. The summed E-state index contributed by atoms with van der Waals surface area (Å²) >= 11 is 6.03. The molecule has 2 atom stereocenters. The maximum atomic E-state index is 13.3. The number of rotatable bonds is 5. The van der Waals surface area contributed by atoms with Crippen LogP contribution >= 0.6 is 11.6 Å². The van der Waals surface area contributed by atoms with Gasteiger partial charge >= 0.3 is 5.97 Å². The van der Waals surface area contributed by atoms with E-state index in [2.05, 4.69) is 17.4 Å². The highest BCUT2D eigenvalue weighted by Crippen LogP contribution is 2.30. The van der Waals surface area contributed by atoms with Gasteiger partial charge in [0, 0.05) is 16.0 Å². The molecule has 0 fully saturated rings. The molecule has 3 aromatic carbocycles. The minimum absolute atomic E-state index is 0.0770. The quantitative estimate of drug-likeness (QED) is 0.338. The first kappa shape index (κ1) is 23.1. The summed E-state index contributed by atoms with van der Waals surface area (Å²) in [6.07, 6.45) is 1.94. The highest BCUT2D eigenvalue weighted by atomic mass is 35.5. The van der Waals surface area contributed by atoms with Crippen molar-refractivity contribution in [3.05, 3.63) is 101 Å². The third kappa shape index (κ3) is 4.91. The molecule has 1 aliphatic rings. The first-order chi connectivity index (χ1) is 17.0. The standard InChI is InChI=1S/C29H25ClN2O3/c1-18(28(33)32-25-12-6-8-19-7-2-3-9-22(19)25)35-29(34)24-17-27(20-13-15-21(30)16-14-20)31-26-11-5-4-10-23(24)26/h2-5,7,9-11,13-18,25H,6,8,12H2,1H3,(H,32,33)/t18-,25-/m1/s1. The molecule has 35 heavy (non-hydrogen) atoms. The molecule has 1 N–H and O–H groups in total. The summed E-state index contributed by atoms with van der Waals surface area (Å²) in [6.45, 7) is 1.60. The van der Waals surface area contributed by atoms with E-state index in [9.17, 15) is 9.59 Å². The number of carbonyl (C=O) groups is 2. The SMILES string of the molecule is C[C@@H](OC(=O)c1cc(-c2ccc(Cl)cc2)nc2ccccc12)C(=O)N[C@@H]1CCCc2ccccc21. The van der Waals surface area contributed by atoms with E-state index >= 15 is 0 Å². The van der Waals surface area contributed by atoms with E-state index in [1.807, 2.05) is 48.5 Å². The molecule has 0 bridgehead atoms. The molecule has 1 aliphatic carbocycles. The van der Waals surface area contributed by atoms with E-state index in [1.54, 1.807) is 25.1 Å². The van der Waals surface area contributed by atoms with Crippen LogP contribution in [0.25, 0.3) is 22.2 Å². The highest BCUT2D eigenvalue weighted by Gasteiger charge is 2.26. The minimum Gasteiger partial charge on any atom is -0.449 e. The molecule has 5 nitrogen and oxygen atoms in total. The minimum atomic E-state index is -0.942. The Morgan fingerprint density at radius 1 is 1.03 bits per heavy atom. The van der Waals surface area contributed by atoms with E-state index in [0.29, 0.717) is 27.2 Å². The number of para-hydroxylation sites is 1. The molecule has 6 heteroatoms. The van der Waals surface area contributed by atoms with Crippen molar-refractivity contribution in [2.75, 3.05) is 0 Å². The van der Waals surface area contributed by atoms with Gasteiger partial charge in [0.15, 0.2) is 6.10 Å². The largest absolute Gasteiger partial charge is 0.449 e. The molecule has 1 amide bonds. The zero-order valence-corrected chi connectivity index (χ0v) is 20.1. The topological polar surface area (TPSA) is 68.3 Å². The average Bonchev–Trinajstić information content (AvgIpc) is 2.88. The number of pyridine rings is 1. The second-order valence-electron chi connectivity index (χ2n) is 8.78. The molecule has 176 valence electrons. The number of hydrogen-bond acceptors (Lipinski definition) is 4. The predicted octanol–water partition coefficient (Wildman–Crippen LogP) is 6.29. The third-order valence-corrected chi connectivity index (χ3v) is 6.67. The van der Waals surface area contributed by atoms with E-state index in [-0.39, 0.29) is 11.9 Å². The Balaban J connectivity index is 1.37. The number of aryl methyl sites for hydroxylation is 1. The number of amides is 1. The Bertz CT molecular complexity index is 1400. The van der Waals surface area contributed by atoms with E-state index in [4.69, 9.17) is 21.3 Å². The number of fused-ring (bicyclic) bond motifs is 2. The van der Waals surface area contributed by atoms with Crippen molar-refractivity contribution in [2.24, 2.45) is 0 Å². The fourth-order valence-electron chi connectivity index (χ4n) is 4.58. The van der Waals surface area contributed by atoms with Crippen molar-refractivity contribution >= 4 is 34.4 Å². The normalized spacial score (nSPS) is 15.8. The second-order valence-corrected chi connectivity index (χ2v) is 9.22. The highest BCUT2D eigenvalue weighted by molar-refractivity contribution is 6.30. The lowest BCUT2D eigenvalue weighted by atomic mass is 9.87. The maximum Gasteiger partial charge on any atom is 0.339 e. The van der Waals surface area contributed by atoms with Gasteiger partial charge < -0.3 is 10.1 Å². The molecule has 4 aromatic rings. The molecule has 0 radical (unpaired) electrons. The van der Waals surface area contributed by atoms with Crippen LogP contribution < -0.4 is 5.32 Å². The van der Waals surface area contributed by atoms with Crippen molar-refractivity contribution in [3.8, 4) is 11.3 Å². The van der Waals surface area contributed by atoms with E-state index in [1.165, 1.54) is 5.56 Å². The third-order valence-electron chi connectivity index (χ3n) is 6.42. The van der Waals surface area contributed by atoms with Crippen LogP contribution in [0.15, 0.2) is 78.9 Å². The molecule has 1 heterocycles. The van der Waals surface area contributed by atoms with Gasteiger partial charge in [0.2, 0.25) is 0 Å². The number of aromatic nitrogens is 1. The van der Waals surface area contributed by atoms with Crippen LogP contribution in [0.3, 0.4) is 0 Å². The molecule has 0 saturated carbocycles. The molecule has 0 spiro atoms. The average molecular weight is 485 g/mol. The van der Waals surface area contributed by atoms with Crippen LogP contribution in [0, 0.1) is 0 Å². The van der Waals surface area contributed by atoms with Gasteiger partial charge in [-0.05, 0) is 61.6 Å². The van der Waals surface area contributed by atoms with Crippen LogP contribution in [0.4, 0.5) is 0 Å². The first-order valence-electron chi connectivity index (χ1n) is 11.7. The summed E-state index contributed by atoms with van der Waals surface area (Å²) in [5, 5.41) is 4.36. The van der Waals surface area contributed by atoms with Gasteiger partial charge in [-0.1, -0.05) is 66.2 Å². The van der Waals surface area contributed by atoms with Gasteiger partial charge in [0.05, 0.1) is 22.8 Å². The summed E-state index contributed by atoms with van der Waals surface area (Å²) in [7, 11) is 0. The lowest BCUT2D eigenvalue weighted by Gasteiger charge is -2.27. The van der Waals surface area contributed by atoms with E-state index in [0.717, 1.165) is 30.4 Å². The number of nitrogens with zero attached hydrogens (tertiary/aromatic N) is 1. The number of esters is 1. The van der Waals surface area contributed by atoms with E-state index < -0.39 is 12.1 Å². The summed E-state index contributed by atoms with van der Waals surface area (Å²) in [4.78, 5) is 30.9. The summed E-state index contributed by atoms with van der Waals surface area (Å²) < 4.78 is 5.65. The number of halogens is 1. The zero-order chi connectivity index (χ0) is 24.4. The van der Waals surface area contributed by atoms with Crippen LogP contribution in [0.2, 0.25) is 5.02 Å². The monoisotopic (exact) mass is 484 g/mol. The summed E-state index contributed by atoms with van der Waals surface area (Å²) in [5.74, 6) is -0.873. The Kier molecular flexibility index (Phi) is 6.51. The van der Waals surface area contributed by atoms with Crippen LogP contribution in [0.5, 0.6) is 0 Å². The Morgan fingerprint density at radius 2 is 1.77 bits per heavy atom. The van der Waals surface area contributed by atoms with Crippen molar-refractivity contribution in [3.63, 3.8) is 0 Å². The van der Waals surface area contributed by atoms with Gasteiger partial charge in [-0.3, -0.25) is 4.79 Å². The fraction of sp³-hybridized carbons (Fsp3) is 0.207. The maximum absolute atomic E-state index is 13.3. The van der Waals surface area contributed by atoms with Gasteiger partial charge in [0.25, 0.3) is 5.91 Å². The second kappa shape index (κ2) is 9.88. The lowest BCUT2D eigenvalue weighted by Crippen LogP contribution is -2.39. The molecular formula is C29H25ClN2O3. The molecule has 0 unspecified atom stereocenters. The molecule has 1 aromatic heterocycles. The number of carbonyl (C=O) groups excluding carboxylic acids is 2. The van der Waals surface area contributed by atoms with Gasteiger partial charge in [-0.25, -0.2) is 9.78 Å². The van der Waals surface area contributed by atoms with Crippen molar-refractivity contribution < 1.29 is 14.3 Å². The number of benzene rings is 3. The van der Waals surface area contributed by atoms with Gasteiger partial charge in [-0.2, -0.15) is 0 Å². The molecule has 5 rings (SSSR count). The zero-order valence-electron chi connectivity index (χ0n) is 19.3. The number of ether oxygens (including phenoxy) is 1. The van der Waals surface area contributed by atoms with Crippen molar-refractivity contribution in [2.45, 2.75) is 38.3 Å². The Morgan fingerprint density at radius 3 is 2.60 bits per heavy atom. The molecule has 0 aliphatic heterocycles. The van der Waals surface area contributed by atoms with Crippen LogP contribution in [0.1, 0.15) is 47.3 Å². The van der Waals surface area contributed by atoms with Crippen molar-refractivity contribution in [1.82, 2.24) is 10.3 Å². The Hall–Kier alpha value is -3.70. The lowest BCUT2D eigenvalue weighted by molar-refractivity contribution is -0.130.